The monoisotopic (exact) mass is 551 g/mol. The predicted octanol–water partition coefficient (Wildman–Crippen LogP) is 3.31. The maximum absolute atomic E-state index is 13.8. The van der Waals surface area contributed by atoms with E-state index in [4.69, 9.17) is 19.3 Å². The summed E-state index contributed by atoms with van der Waals surface area (Å²) < 4.78 is 21.0. The van der Waals surface area contributed by atoms with Gasteiger partial charge in [-0.2, -0.15) is 0 Å². The highest BCUT2D eigenvalue weighted by Crippen LogP contribution is 2.55. The van der Waals surface area contributed by atoms with Crippen molar-refractivity contribution in [2.24, 2.45) is 24.8 Å². The molecule has 0 spiro atoms. The van der Waals surface area contributed by atoms with Crippen LogP contribution < -0.4 is 10.9 Å². The highest BCUT2D eigenvalue weighted by molar-refractivity contribution is 5.92. The summed E-state index contributed by atoms with van der Waals surface area (Å²) in [5, 5.41) is 12.4. The van der Waals surface area contributed by atoms with Crippen LogP contribution >= 0.6 is 0 Å². The molecule has 4 aliphatic carbocycles. The molecular formula is C31H41N3O6. The van der Waals surface area contributed by atoms with Crippen LogP contribution in [0.3, 0.4) is 0 Å². The number of carbonyl (C=O) groups is 1. The Morgan fingerprint density at radius 3 is 2.38 bits per heavy atom. The Kier molecular flexibility index (Phi) is 7.63. The number of aliphatic hydroxyl groups excluding tert-OH is 1. The minimum atomic E-state index is -0.700. The molecule has 0 radical (unpaired) electrons. The zero-order chi connectivity index (χ0) is 27.9. The van der Waals surface area contributed by atoms with Crippen molar-refractivity contribution in [3.05, 3.63) is 63.8 Å². The standard InChI is InChI=1S/C31H41N3O6/c1-20-28(30(37)34(33(20)2)25-6-4-3-5-7-25)24-15-26(40-27(16-24)39-11-10-38-9-8-35)29(36)32-31-17-21-12-22(18-31)14-23(13-21)19-31/h3-7,15,21-24,27,35H,8-14,16-19H2,1-2H3,(H,32,36)/t21?,22?,23?,24-,27+,31?/m0/s1. The van der Waals surface area contributed by atoms with E-state index in [1.807, 2.05) is 55.1 Å². The third kappa shape index (κ3) is 5.27. The van der Waals surface area contributed by atoms with Gasteiger partial charge in [0.25, 0.3) is 11.5 Å². The third-order valence-corrected chi connectivity index (χ3v) is 9.43. The van der Waals surface area contributed by atoms with Gasteiger partial charge in [-0.1, -0.05) is 18.2 Å². The molecule has 4 saturated carbocycles. The average Bonchev–Trinajstić information content (AvgIpc) is 3.15. The molecule has 1 aromatic heterocycles. The van der Waals surface area contributed by atoms with Gasteiger partial charge < -0.3 is 24.6 Å². The largest absolute Gasteiger partial charge is 0.459 e. The summed E-state index contributed by atoms with van der Waals surface area (Å²) in [7, 11) is 1.88. The van der Waals surface area contributed by atoms with Gasteiger partial charge in [0.15, 0.2) is 5.76 Å². The molecular weight excluding hydrogens is 510 g/mol. The summed E-state index contributed by atoms with van der Waals surface area (Å²) in [5.41, 5.74) is 2.00. The average molecular weight is 552 g/mol. The Morgan fingerprint density at radius 1 is 1.05 bits per heavy atom. The summed E-state index contributed by atoms with van der Waals surface area (Å²) in [6, 6.07) is 9.56. The second-order valence-electron chi connectivity index (χ2n) is 12.3. The summed E-state index contributed by atoms with van der Waals surface area (Å²) in [5.74, 6) is 1.78. The molecule has 2 N–H and O–H groups in total. The van der Waals surface area contributed by atoms with Crippen LogP contribution in [0.2, 0.25) is 0 Å². The van der Waals surface area contributed by atoms with E-state index in [1.165, 1.54) is 19.3 Å². The van der Waals surface area contributed by atoms with E-state index in [0.29, 0.717) is 36.3 Å². The van der Waals surface area contributed by atoms with Gasteiger partial charge in [-0.15, -0.1) is 0 Å². The van der Waals surface area contributed by atoms with Crippen molar-refractivity contribution in [3.63, 3.8) is 0 Å². The quantitative estimate of drug-likeness (QED) is 0.439. The smallest absolute Gasteiger partial charge is 0.286 e. The van der Waals surface area contributed by atoms with Crippen LogP contribution in [0, 0.1) is 24.7 Å². The van der Waals surface area contributed by atoms with Crippen LogP contribution in [-0.2, 0) is 26.1 Å². The number of para-hydroxylation sites is 1. The van der Waals surface area contributed by atoms with Gasteiger partial charge in [-0.3, -0.25) is 14.3 Å². The molecule has 216 valence electrons. The first-order valence-electron chi connectivity index (χ1n) is 14.7. The minimum absolute atomic E-state index is 0.0552. The van der Waals surface area contributed by atoms with E-state index < -0.39 is 6.29 Å². The van der Waals surface area contributed by atoms with Gasteiger partial charge >= 0.3 is 0 Å². The number of nitrogens with zero attached hydrogens (tertiary/aromatic N) is 2. The third-order valence-electron chi connectivity index (χ3n) is 9.43. The van der Waals surface area contributed by atoms with E-state index in [-0.39, 0.29) is 48.5 Å². The molecule has 0 unspecified atom stereocenters. The molecule has 5 aliphatic rings. The van der Waals surface area contributed by atoms with Gasteiger partial charge in [-0.05, 0) is 81.4 Å². The molecule has 1 aliphatic heterocycles. The van der Waals surface area contributed by atoms with Crippen molar-refractivity contribution in [2.45, 2.75) is 69.6 Å². The molecule has 2 aromatic rings. The molecule has 7 rings (SSSR count). The SMILES string of the molecule is Cc1c([C@H]2C=C(C(=O)NC34CC5CC(CC(C5)C3)C4)O[C@@H](OCCOCCO)C2)c(=O)n(-c2ccccc2)n1C. The second kappa shape index (κ2) is 11.2. The van der Waals surface area contributed by atoms with Crippen LogP contribution in [0.15, 0.2) is 47.0 Å². The molecule has 4 bridgehead atoms. The predicted molar refractivity (Wildman–Crippen MR) is 149 cm³/mol. The van der Waals surface area contributed by atoms with Crippen molar-refractivity contribution in [3.8, 4) is 5.69 Å². The van der Waals surface area contributed by atoms with Gasteiger partial charge in [0.1, 0.15) is 0 Å². The van der Waals surface area contributed by atoms with E-state index >= 15 is 0 Å². The second-order valence-corrected chi connectivity index (χ2v) is 12.3. The Morgan fingerprint density at radius 2 is 1.73 bits per heavy atom. The van der Waals surface area contributed by atoms with Gasteiger partial charge in [0, 0.05) is 36.2 Å². The maximum atomic E-state index is 13.8. The van der Waals surface area contributed by atoms with Gasteiger partial charge in [-0.25, -0.2) is 4.68 Å². The number of ether oxygens (including phenoxy) is 3. The lowest BCUT2D eigenvalue weighted by atomic mass is 9.53. The van der Waals surface area contributed by atoms with Crippen molar-refractivity contribution >= 4 is 5.91 Å². The molecule has 0 saturated heterocycles. The molecule has 2 heterocycles. The number of hydrogen-bond donors (Lipinski definition) is 2. The molecule has 4 fully saturated rings. The van der Waals surface area contributed by atoms with Crippen LogP contribution in [0.1, 0.15) is 62.1 Å². The molecule has 9 heteroatoms. The number of allylic oxidation sites excluding steroid dienone is 1. The van der Waals surface area contributed by atoms with E-state index in [9.17, 15) is 9.59 Å². The number of benzene rings is 1. The lowest BCUT2D eigenvalue weighted by molar-refractivity contribution is -0.153. The summed E-state index contributed by atoms with van der Waals surface area (Å²) >= 11 is 0. The van der Waals surface area contributed by atoms with Crippen molar-refractivity contribution in [2.75, 3.05) is 26.4 Å². The number of hydrogen-bond acceptors (Lipinski definition) is 6. The van der Waals surface area contributed by atoms with Crippen molar-refractivity contribution in [1.82, 2.24) is 14.7 Å². The van der Waals surface area contributed by atoms with Gasteiger partial charge in [0.2, 0.25) is 6.29 Å². The van der Waals surface area contributed by atoms with Crippen molar-refractivity contribution < 1.29 is 24.1 Å². The van der Waals surface area contributed by atoms with E-state index in [2.05, 4.69) is 5.32 Å². The first-order valence-corrected chi connectivity index (χ1v) is 14.7. The fourth-order valence-corrected chi connectivity index (χ4v) is 8.11. The van der Waals surface area contributed by atoms with Crippen LogP contribution in [0.25, 0.3) is 5.69 Å². The molecule has 40 heavy (non-hydrogen) atoms. The van der Waals surface area contributed by atoms with E-state index in [1.54, 1.807) is 4.68 Å². The Hall–Kier alpha value is -2.88. The summed E-state index contributed by atoms with van der Waals surface area (Å²) in [6.07, 6.45) is 8.55. The fourth-order valence-electron chi connectivity index (χ4n) is 8.11. The first-order chi connectivity index (χ1) is 19.4. The molecule has 9 nitrogen and oxygen atoms in total. The number of nitrogens with one attached hydrogen (secondary N) is 1. The summed E-state index contributed by atoms with van der Waals surface area (Å²) in [4.78, 5) is 27.6. The number of rotatable bonds is 10. The normalized spacial score (nSPS) is 30.7. The summed E-state index contributed by atoms with van der Waals surface area (Å²) in [6.45, 7) is 2.67. The maximum Gasteiger partial charge on any atom is 0.286 e. The first kappa shape index (κ1) is 27.3. The molecule has 2 atom stereocenters. The highest BCUT2D eigenvalue weighted by atomic mass is 16.7. The fraction of sp³-hybridized carbons (Fsp3) is 0.613. The van der Waals surface area contributed by atoms with Crippen LogP contribution in [0.4, 0.5) is 0 Å². The number of aromatic nitrogens is 2. The zero-order valence-corrected chi connectivity index (χ0v) is 23.5. The minimum Gasteiger partial charge on any atom is -0.459 e. The lowest BCUT2D eigenvalue weighted by Gasteiger charge is -2.56. The topological polar surface area (TPSA) is 104 Å². The Bertz CT molecular complexity index is 1280. The highest BCUT2D eigenvalue weighted by Gasteiger charge is 2.52. The molecule has 1 amide bonds. The number of amides is 1. The van der Waals surface area contributed by atoms with Crippen LogP contribution in [-0.4, -0.2) is 58.6 Å². The number of carbonyl (C=O) groups excluding carboxylic acids is 1. The number of aliphatic hydroxyl groups is 1. The Labute approximate surface area is 235 Å². The molecule has 1 aromatic carbocycles. The Balaban J connectivity index is 1.28. The van der Waals surface area contributed by atoms with Crippen LogP contribution in [0.5, 0.6) is 0 Å². The van der Waals surface area contributed by atoms with E-state index in [0.717, 1.165) is 30.6 Å². The van der Waals surface area contributed by atoms with Gasteiger partial charge in [0.05, 0.1) is 32.1 Å². The zero-order valence-electron chi connectivity index (χ0n) is 23.5. The lowest BCUT2D eigenvalue weighted by Crippen LogP contribution is -2.60. The van der Waals surface area contributed by atoms with Crippen molar-refractivity contribution in [1.29, 1.82) is 0 Å².